The Morgan fingerprint density at radius 2 is 1.76 bits per heavy atom. The van der Waals surface area contributed by atoms with E-state index in [1.807, 2.05) is 77.1 Å². The summed E-state index contributed by atoms with van der Waals surface area (Å²) in [6.45, 7) is 10.9. The predicted octanol–water partition coefficient (Wildman–Crippen LogP) is 4.55. The number of aryl methyl sites for hydroxylation is 2. The monoisotopic (exact) mass is 392 g/mol. The van der Waals surface area contributed by atoms with E-state index in [9.17, 15) is 9.59 Å². The van der Waals surface area contributed by atoms with Crippen molar-refractivity contribution >= 4 is 23.1 Å². The van der Waals surface area contributed by atoms with Gasteiger partial charge in [0.15, 0.2) is 0 Å². The first kappa shape index (κ1) is 20.6. The van der Waals surface area contributed by atoms with Crippen molar-refractivity contribution in [2.24, 2.45) is 5.92 Å². The number of nitrogens with zero attached hydrogens (tertiary/aromatic N) is 1. The molecule has 0 spiro atoms. The first-order valence-electron chi connectivity index (χ1n) is 9.99. The smallest absolute Gasteiger partial charge is 0.278 e. The van der Waals surface area contributed by atoms with Gasteiger partial charge in [-0.3, -0.25) is 14.5 Å². The van der Waals surface area contributed by atoms with Crippen LogP contribution < -0.4 is 10.1 Å². The highest BCUT2D eigenvalue weighted by Gasteiger charge is 2.39. The molecule has 2 aromatic rings. The van der Waals surface area contributed by atoms with E-state index in [-0.39, 0.29) is 17.7 Å². The van der Waals surface area contributed by atoms with Gasteiger partial charge in [-0.1, -0.05) is 38.1 Å². The van der Waals surface area contributed by atoms with E-state index in [1.165, 1.54) is 4.90 Å². The van der Waals surface area contributed by atoms with E-state index in [0.29, 0.717) is 35.9 Å². The third-order valence-corrected chi connectivity index (χ3v) is 4.93. The number of rotatable bonds is 7. The summed E-state index contributed by atoms with van der Waals surface area (Å²) in [5, 5.41) is 3.19. The second-order valence-corrected chi connectivity index (χ2v) is 7.75. The van der Waals surface area contributed by atoms with E-state index >= 15 is 0 Å². The molecule has 1 N–H and O–H groups in total. The van der Waals surface area contributed by atoms with Crippen LogP contribution in [0.15, 0.2) is 48.2 Å². The first-order chi connectivity index (χ1) is 13.8. The lowest BCUT2D eigenvalue weighted by Gasteiger charge is -2.17. The summed E-state index contributed by atoms with van der Waals surface area (Å²) in [5.41, 5.74) is 4.41. The largest absolute Gasteiger partial charge is 0.494 e. The van der Waals surface area contributed by atoms with E-state index < -0.39 is 0 Å². The minimum atomic E-state index is -0.293. The van der Waals surface area contributed by atoms with Crippen molar-refractivity contribution < 1.29 is 14.3 Å². The average molecular weight is 392 g/mol. The zero-order chi connectivity index (χ0) is 21.1. The molecule has 0 aromatic heterocycles. The molecule has 152 valence electrons. The van der Waals surface area contributed by atoms with Crippen molar-refractivity contribution in [1.82, 2.24) is 4.90 Å². The van der Waals surface area contributed by atoms with Crippen LogP contribution in [-0.2, 0) is 9.59 Å². The van der Waals surface area contributed by atoms with Gasteiger partial charge < -0.3 is 10.1 Å². The summed E-state index contributed by atoms with van der Waals surface area (Å²) >= 11 is 0. The van der Waals surface area contributed by atoms with E-state index in [4.69, 9.17) is 4.74 Å². The van der Waals surface area contributed by atoms with Crippen LogP contribution in [0.4, 0.5) is 5.69 Å². The number of anilines is 1. The molecule has 0 atom stereocenters. The highest BCUT2D eigenvalue weighted by atomic mass is 16.5. The third kappa shape index (κ3) is 4.34. The predicted molar refractivity (Wildman–Crippen MR) is 116 cm³/mol. The summed E-state index contributed by atoms with van der Waals surface area (Å²) in [7, 11) is 0. The molecule has 5 nitrogen and oxygen atoms in total. The molecule has 0 aliphatic carbocycles. The summed E-state index contributed by atoms with van der Waals surface area (Å²) in [4.78, 5) is 27.7. The number of hydrogen-bond acceptors (Lipinski definition) is 4. The first-order valence-corrected chi connectivity index (χ1v) is 9.99. The minimum Gasteiger partial charge on any atom is -0.494 e. The van der Waals surface area contributed by atoms with Crippen molar-refractivity contribution in [3.63, 3.8) is 0 Å². The number of imide groups is 1. The molecule has 0 fully saturated rings. The lowest BCUT2D eigenvalue weighted by Crippen LogP contribution is -2.35. The molecule has 1 aliphatic rings. The summed E-state index contributed by atoms with van der Waals surface area (Å²) in [6, 6.07) is 13.3. The molecule has 0 saturated carbocycles. The van der Waals surface area contributed by atoms with Gasteiger partial charge in [0, 0.05) is 18.3 Å². The van der Waals surface area contributed by atoms with Crippen molar-refractivity contribution in [3.05, 3.63) is 64.9 Å². The number of nitrogens with one attached hydrogen (secondary N) is 1. The number of carbonyl (C=O) groups excluding carboxylic acids is 2. The van der Waals surface area contributed by atoms with Crippen LogP contribution in [0.3, 0.4) is 0 Å². The maximum Gasteiger partial charge on any atom is 0.278 e. The second kappa shape index (κ2) is 8.52. The Hall–Kier alpha value is -3.08. The summed E-state index contributed by atoms with van der Waals surface area (Å²) in [5.74, 6) is 0.348. The van der Waals surface area contributed by atoms with Gasteiger partial charge in [0.2, 0.25) is 0 Å². The molecule has 2 amide bonds. The standard InChI is InChI=1S/C24H28N2O3/c1-6-29-20-9-7-8-19(13-20)25-22-21(18-11-10-16(4)17(5)12-18)23(27)26(24(22)28)14-15(2)3/h7-13,15,25H,6,14H2,1-5H3. The molecule has 1 aliphatic heterocycles. The molecular formula is C24H28N2O3. The van der Waals surface area contributed by atoms with Crippen molar-refractivity contribution in [2.45, 2.75) is 34.6 Å². The van der Waals surface area contributed by atoms with Crippen LogP contribution in [-0.4, -0.2) is 29.9 Å². The molecule has 1 heterocycles. The van der Waals surface area contributed by atoms with Gasteiger partial charge >= 0.3 is 0 Å². The number of amides is 2. The van der Waals surface area contributed by atoms with Gasteiger partial charge in [0.1, 0.15) is 11.4 Å². The van der Waals surface area contributed by atoms with E-state index in [1.54, 1.807) is 0 Å². The van der Waals surface area contributed by atoms with Crippen LogP contribution in [0.1, 0.15) is 37.5 Å². The fourth-order valence-electron chi connectivity index (χ4n) is 3.36. The third-order valence-electron chi connectivity index (χ3n) is 4.93. The van der Waals surface area contributed by atoms with Crippen LogP contribution in [0, 0.1) is 19.8 Å². The van der Waals surface area contributed by atoms with Gasteiger partial charge in [-0.05, 0) is 55.5 Å². The fraction of sp³-hybridized carbons (Fsp3) is 0.333. The molecule has 0 unspecified atom stereocenters. The molecule has 0 radical (unpaired) electrons. The molecule has 0 bridgehead atoms. The summed E-state index contributed by atoms with van der Waals surface area (Å²) in [6.07, 6.45) is 0. The molecule has 3 rings (SSSR count). The molecular weight excluding hydrogens is 364 g/mol. The van der Waals surface area contributed by atoms with Crippen molar-refractivity contribution in [2.75, 3.05) is 18.5 Å². The van der Waals surface area contributed by atoms with Crippen LogP contribution in [0.25, 0.3) is 5.57 Å². The van der Waals surface area contributed by atoms with Crippen molar-refractivity contribution in [3.8, 4) is 5.75 Å². The number of ether oxygens (including phenoxy) is 1. The van der Waals surface area contributed by atoms with Gasteiger partial charge in [-0.25, -0.2) is 0 Å². The van der Waals surface area contributed by atoms with Crippen LogP contribution >= 0.6 is 0 Å². The van der Waals surface area contributed by atoms with E-state index in [0.717, 1.165) is 16.7 Å². The Bertz CT molecular complexity index is 976. The maximum absolute atomic E-state index is 13.2. The second-order valence-electron chi connectivity index (χ2n) is 7.75. The van der Waals surface area contributed by atoms with Crippen LogP contribution in [0.2, 0.25) is 0 Å². The fourth-order valence-corrected chi connectivity index (χ4v) is 3.36. The molecule has 0 saturated heterocycles. The maximum atomic E-state index is 13.2. The lowest BCUT2D eigenvalue weighted by molar-refractivity contribution is -0.137. The number of hydrogen-bond donors (Lipinski definition) is 1. The highest BCUT2D eigenvalue weighted by Crippen LogP contribution is 2.32. The number of carbonyl (C=O) groups is 2. The Morgan fingerprint density at radius 3 is 2.41 bits per heavy atom. The normalized spacial score (nSPS) is 14.2. The Kier molecular flexibility index (Phi) is 6.06. The van der Waals surface area contributed by atoms with Crippen molar-refractivity contribution in [1.29, 1.82) is 0 Å². The topological polar surface area (TPSA) is 58.6 Å². The SMILES string of the molecule is CCOc1cccc(NC2=C(c3ccc(C)c(C)c3)C(=O)N(CC(C)C)C2=O)c1. The summed E-state index contributed by atoms with van der Waals surface area (Å²) < 4.78 is 5.55. The molecule has 29 heavy (non-hydrogen) atoms. The zero-order valence-electron chi connectivity index (χ0n) is 17.7. The van der Waals surface area contributed by atoms with E-state index in [2.05, 4.69) is 5.32 Å². The van der Waals surface area contributed by atoms with Gasteiger partial charge in [-0.15, -0.1) is 0 Å². The highest BCUT2D eigenvalue weighted by molar-refractivity contribution is 6.36. The zero-order valence-corrected chi connectivity index (χ0v) is 17.7. The molecule has 5 heteroatoms. The minimum absolute atomic E-state index is 0.185. The van der Waals surface area contributed by atoms with Gasteiger partial charge in [0.05, 0.1) is 12.2 Å². The van der Waals surface area contributed by atoms with Crippen LogP contribution in [0.5, 0.6) is 5.75 Å². The molecule has 2 aromatic carbocycles. The average Bonchev–Trinajstić information content (AvgIpc) is 2.89. The Morgan fingerprint density at radius 1 is 1.00 bits per heavy atom. The van der Waals surface area contributed by atoms with Gasteiger partial charge in [0.25, 0.3) is 11.8 Å². The quantitative estimate of drug-likeness (QED) is 0.702. The Labute approximate surface area is 172 Å². The Balaban J connectivity index is 2.06. The number of benzene rings is 2. The lowest BCUT2D eigenvalue weighted by atomic mass is 9.99. The van der Waals surface area contributed by atoms with Gasteiger partial charge in [-0.2, -0.15) is 0 Å².